The van der Waals surface area contributed by atoms with Gasteiger partial charge >= 0.3 is 6.09 Å². The minimum atomic E-state index is -0.388. The molecule has 2 aliphatic rings. The van der Waals surface area contributed by atoms with Crippen molar-refractivity contribution in [3.05, 3.63) is 0 Å². The fraction of sp³-hybridized carbons (Fsp3) is 0.938. The molecule has 0 unspecified atom stereocenters. The number of amides is 1. The van der Waals surface area contributed by atoms with Crippen molar-refractivity contribution in [3.63, 3.8) is 0 Å². The van der Waals surface area contributed by atoms with Gasteiger partial charge in [0, 0.05) is 13.1 Å². The summed E-state index contributed by atoms with van der Waals surface area (Å²) in [5.41, 5.74) is 0.110. The van der Waals surface area contributed by atoms with E-state index in [9.17, 15) is 4.79 Å². The maximum Gasteiger partial charge on any atom is 0.410 e. The van der Waals surface area contributed by atoms with Crippen molar-refractivity contribution in [3.8, 4) is 0 Å². The average Bonchev–Trinajstić information content (AvgIpc) is 2.52. The van der Waals surface area contributed by atoms with Crippen molar-refractivity contribution in [2.75, 3.05) is 13.1 Å². The Morgan fingerprint density at radius 1 is 1.21 bits per heavy atom. The van der Waals surface area contributed by atoms with E-state index in [2.05, 4.69) is 13.8 Å². The van der Waals surface area contributed by atoms with Gasteiger partial charge in [0.25, 0.3) is 0 Å². The molecule has 0 bridgehead atoms. The summed E-state index contributed by atoms with van der Waals surface area (Å²) < 4.78 is 5.46. The molecule has 0 N–H and O–H groups in total. The van der Waals surface area contributed by atoms with Crippen LogP contribution >= 0.6 is 0 Å². The summed E-state index contributed by atoms with van der Waals surface area (Å²) in [6, 6.07) is 0. The van der Waals surface area contributed by atoms with E-state index in [1.54, 1.807) is 0 Å². The maximum absolute atomic E-state index is 12.1. The largest absolute Gasteiger partial charge is 0.444 e. The van der Waals surface area contributed by atoms with E-state index in [1.807, 2.05) is 25.7 Å². The molecule has 2 rings (SSSR count). The third-order valence-electron chi connectivity index (χ3n) is 4.97. The van der Waals surface area contributed by atoms with E-state index in [0.717, 1.165) is 37.8 Å². The van der Waals surface area contributed by atoms with Crippen LogP contribution in [0, 0.1) is 17.3 Å². The molecule has 1 saturated heterocycles. The highest BCUT2D eigenvalue weighted by atomic mass is 16.6. The summed E-state index contributed by atoms with van der Waals surface area (Å²) in [7, 11) is 0. The van der Waals surface area contributed by atoms with Crippen LogP contribution in [0.2, 0.25) is 0 Å². The van der Waals surface area contributed by atoms with Crippen molar-refractivity contribution in [1.82, 2.24) is 4.90 Å². The second-order valence-corrected chi connectivity index (χ2v) is 7.78. The Morgan fingerprint density at radius 2 is 1.79 bits per heavy atom. The Morgan fingerprint density at radius 3 is 2.21 bits per heavy atom. The molecule has 0 radical (unpaired) electrons. The van der Waals surface area contributed by atoms with Gasteiger partial charge in [-0.2, -0.15) is 0 Å². The average molecular weight is 267 g/mol. The standard InChI is InChI=1S/C16H29NO2/c1-12-10-13(2)16(11-12)6-8-17(9-7-16)14(18)19-15(3,4)5/h12-13H,6-11H2,1-5H3/t12-,13-/m1/s1. The molecule has 2 fully saturated rings. The summed E-state index contributed by atoms with van der Waals surface area (Å²) in [4.78, 5) is 14.0. The molecule has 2 atom stereocenters. The number of nitrogens with zero attached hydrogens (tertiary/aromatic N) is 1. The first-order chi connectivity index (χ1) is 8.72. The van der Waals surface area contributed by atoms with Crippen LogP contribution in [-0.4, -0.2) is 29.7 Å². The number of hydrogen-bond acceptors (Lipinski definition) is 2. The van der Waals surface area contributed by atoms with E-state index < -0.39 is 0 Å². The van der Waals surface area contributed by atoms with Crippen LogP contribution in [0.3, 0.4) is 0 Å². The summed E-state index contributed by atoms with van der Waals surface area (Å²) in [6.45, 7) is 12.3. The topological polar surface area (TPSA) is 29.5 Å². The maximum atomic E-state index is 12.1. The highest BCUT2D eigenvalue weighted by Crippen LogP contribution is 2.52. The molecular weight excluding hydrogens is 238 g/mol. The van der Waals surface area contributed by atoms with Crippen molar-refractivity contribution in [1.29, 1.82) is 0 Å². The molecule has 0 aromatic rings. The van der Waals surface area contributed by atoms with Crippen LogP contribution in [0.1, 0.15) is 60.3 Å². The zero-order valence-corrected chi connectivity index (χ0v) is 13.2. The smallest absolute Gasteiger partial charge is 0.410 e. The number of hydrogen-bond donors (Lipinski definition) is 0. The first-order valence-electron chi connectivity index (χ1n) is 7.70. The zero-order chi connectivity index (χ0) is 14.3. The number of ether oxygens (including phenoxy) is 1. The van der Waals surface area contributed by atoms with Gasteiger partial charge in [-0.05, 0) is 63.7 Å². The lowest BCUT2D eigenvalue weighted by Gasteiger charge is -2.42. The Bertz CT molecular complexity index is 337. The molecule has 1 spiro atoms. The highest BCUT2D eigenvalue weighted by Gasteiger charge is 2.45. The van der Waals surface area contributed by atoms with Gasteiger partial charge in [-0.15, -0.1) is 0 Å². The van der Waals surface area contributed by atoms with Crippen molar-refractivity contribution < 1.29 is 9.53 Å². The van der Waals surface area contributed by atoms with Crippen LogP contribution in [0.25, 0.3) is 0 Å². The van der Waals surface area contributed by atoms with Gasteiger partial charge in [0.1, 0.15) is 5.60 Å². The van der Waals surface area contributed by atoms with E-state index in [-0.39, 0.29) is 11.7 Å². The Hall–Kier alpha value is -0.730. The third kappa shape index (κ3) is 3.24. The lowest BCUT2D eigenvalue weighted by Crippen LogP contribution is -2.46. The Balaban J connectivity index is 1.91. The van der Waals surface area contributed by atoms with Crippen LogP contribution in [0.15, 0.2) is 0 Å². The molecule has 19 heavy (non-hydrogen) atoms. The van der Waals surface area contributed by atoms with Crippen molar-refractivity contribution in [2.24, 2.45) is 17.3 Å². The van der Waals surface area contributed by atoms with Gasteiger partial charge in [0.2, 0.25) is 0 Å². The van der Waals surface area contributed by atoms with Gasteiger partial charge < -0.3 is 9.64 Å². The minimum absolute atomic E-state index is 0.138. The molecule has 1 heterocycles. The quantitative estimate of drug-likeness (QED) is 0.662. The van der Waals surface area contributed by atoms with Crippen LogP contribution < -0.4 is 0 Å². The molecular formula is C16H29NO2. The second-order valence-electron chi connectivity index (χ2n) is 7.78. The molecule has 3 heteroatoms. The number of rotatable bonds is 0. The fourth-order valence-electron chi connectivity index (χ4n) is 3.99. The van der Waals surface area contributed by atoms with Gasteiger partial charge in [-0.3, -0.25) is 0 Å². The predicted molar refractivity (Wildman–Crippen MR) is 77.0 cm³/mol. The fourth-order valence-corrected chi connectivity index (χ4v) is 3.99. The van der Waals surface area contributed by atoms with Gasteiger partial charge in [0.15, 0.2) is 0 Å². The zero-order valence-electron chi connectivity index (χ0n) is 13.2. The lowest BCUT2D eigenvalue weighted by molar-refractivity contribution is 0.00509. The summed E-state index contributed by atoms with van der Waals surface area (Å²) in [5.74, 6) is 1.66. The first-order valence-corrected chi connectivity index (χ1v) is 7.70. The minimum Gasteiger partial charge on any atom is -0.444 e. The van der Waals surface area contributed by atoms with E-state index >= 15 is 0 Å². The number of likely N-dealkylation sites (tertiary alicyclic amines) is 1. The first kappa shape index (κ1) is 14.7. The summed E-state index contributed by atoms with van der Waals surface area (Å²) in [5, 5.41) is 0. The highest BCUT2D eigenvalue weighted by molar-refractivity contribution is 5.68. The molecule has 0 aromatic carbocycles. The van der Waals surface area contributed by atoms with E-state index in [4.69, 9.17) is 4.74 Å². The Labute approximate surface area is 117 Å². The summed E-state index contributed by atoms with van der Waals surface area (Å²) in [6.07, 6.45) is 4.86. The molecule has 3 nitrogen and oxygen atoms in total. The van der Waals surface area contributed by atoms with Crippen molar-refractivity contribution >= 4 is 6.09 Å². The molecule has 1 saturated carbocycles. The van der Waals surface area contributed by atoms with Gasteiger partial charge in [-0.25, -0.2) is 4.79 Å². The number of carbonyl (C=O) groups excluding carboxylic acids is 1. The molecule has 1 amide bonds. The van der Waals surface area contributed by atoms with E-state index in [1.165, 1.54) is 12.8 Å². The summed E-state index contributed by atoms with van der Waals surface area (Å²) >= 11 is 0. The van der Waals surface area contributed by atoms with Gasteiger partial charge in [-0.1, -0.05) is 13.8 Å². The lowest BCUT2D eigenvalue weighted by atomic mass is 9.71. The molecule has 110 valence electrons. The third-order valence-corrected chi connectivity index (χ3v) is 4.97. The van der Waals surface area contributed by atoms with Crippen LogP contribution in [0.5, 0.6) is 0 Å². The molecule has 1 aliphatic carbocycles. The monoisotopic (exact) mass is 267 g/mol. The SMILES string of the molecule is C[C@@H]1C[C@@H](C)C2(CCN(C(=O)OC(C)(C)C)CC2)C1. The normalized spacial score (nSPS) is 30.7. The number of carbonyl (C=O) groups is 1. The van der Waals surface area contributed by atoms with Crippen molar-refractivity contribution in [2.45, 2.75) is 65.9 Å². The van der Waals surface area contributed by atoms with E-state index in [0.29, 0.717) is 5.41 Å². The second kappa shape index (κ2) is 4.99. The van der Waals surface area contributed by atoms with Crippen LogP contribution in [-0.2, 0) is 4.74 Å². The molecule has 1 aliphatic heterocycles. The molecule has 0 aromatic heterocycles. The van der Waals surface area contributed by atoms with Crippen LogP contribution in [0.4, 0.5) is 4.79 Å². The predicted octanol–water partition coefficient (Wildman–Crippen LogP) is 4.07. The Kier molecular flexibility index (Phi) is 3.85. The van der Waals surface area contributed by atoms with Gasteiger partial charge in [0.05, 0.1) is 0 Å². The number of piperidine rings is 1.